The molecule has 2 aliphatic heterocycles. The first-order valence-electron chi connectivity index (χ1n) is 9.08. The minimum absolute atomic E-state index is 0.00935. The third-order valence-electron chi connectivity index (χ3n) is 4.48. The first kappa shape index (κ1) is 20.6. The van der Waals surface area contributed by atoms with Crippen molar-refractivity contribution in [1.82, 2.24) is 10.2 Å². The number of amides is 1. The number of sulfonamides is 1. The van der Waals surface area contributed by atoms with Gasteiger partial charge in [0.1, 0.15) is 5.84 Å². The normalized spacial score (nSPS) is 19.4. The number of hydrogen-bond acceptors (Lipinski definition) is 4. The van der Waals surface area contributed by atoms with Crippen LogP contribution < -0.4 is 5.32 Å². The molecule has 0 fully saturated rings. The average molecular weight is 422 g/mol. The van der Waals surface area contributed by atoms with Gasteiger partial charge in [0.05, 0.1) is 17.4 Å². The van der Waals surface area contributed by atoms with E-state index in [0.717, 1.165) is 12.0 Å². The fourth-order valence-corrected chi connectivity index (χ4v) is 4.23. The molecule has 150 valence electrons. The summed E-state index contributed by atoms with van der Waals surface area (Å²) in [7, 11) is -3.42. The Morgan fingerprint density at radius 1 is 1.25 bits per heavy atom. The summed E-state index contributed by atoms with van der Waals surface area (Å²) in [5.41, 5.74) is 1.46. The molecule has 8 heteroatoms. The number of hydrogen-bond donors (Lipinski definition) is 1. The van der Waals surface area contributed by atoms with E-state index in [-0.39, 0.29) is 29.7 Å². The van der Waals surface area contributed by atoms with Crippen LogP contribution in [0.3, 0.4) is 0 Å². The van der Waals surface area contributed by atoms with E-state index in [1.807, 2.05) is 24.3 Å². The van der Waals surface area contributed by atoms with E-state index in [9.17, 15) is 13.2 Å². The molecule has 0 radical (unpaired) electrons. The summed E-state index contributed by atoms with van der Waals surface area (Å²) in [5.74, 6) is 0.0624. The van der Waals surface area contributed by atoms with Crippen molar-refractivity contribution in [3.63, 3.8) is 0 Å². The fourth-order valence-electron chi connectivity index (χ4n) is 3.14. The van der Waals surface area contributed by atoms with Crippen LogP contribution in [-0.4, -0.2) is 37.4 Å². The molecule has 1 N–H and O–H groups in total. The highest BCUT2D eigenvalue weighted by molar-refractivity contribution is 7.90. The van der Waals surface area contributed by atoms with Crippen molar-refractivity contribution < 1.29 is 13.2 Å². The summed E-state index contributed by atoms with van der Waals surface area (Å²) < 4.78 is 27.0. The molecule has 1 aromatic carbocycles. The highest BCUT2D eigenvalue weighted by Crippen LogP contribution is 2.30. The van der Waals surface area contributed by atoms with E-state index in [1.165, 1.54) is 0 Å². The maximum atomic E-state index is 12.9. The third-order valence-corrected chi connectivity index (χ3v) is 5.90. The second kappa shape index (κ2) is 7.72. The van der Waals surface area contributed by atoms with Crippen LogP contribution in [0.15, 0.2) is 52.6 Å². The molecule has 0 spiro atoms. The predicted octanol–water partition coefficient (Wildman–Crippen LogP) is 3.43. The van der Waals surface area contributed by atoms with Crippen molar-refractivity contribution in [3.8, 4) is 0 Å². The molecule has 0 saturated heterocycles. The first-order valence-corrected chi connectivity index (χ1v) is 11.1. The molecule has 1 aromatic rings. The number of amidine groups is 1. The van der Waals surface area contributed by atoms with Crippen LogP contribution in [-0.2, 0) is 14.8 Å². The van der Waals surface area contributed by atoms with Gasteiger partial charge in [-0.2, -0.15) is 0 Å². The van der Waals surface area contributed by atoms with Crippen molar-refractivity contribution in [2.24, 2.45) is 9.81 Å². The standard InChI is InChI=1S/C20H24ClN3O3S/c1-20(2,3)12-17(14-4-7-16(21)8-5-14)22-19(25)15-6-9-18-23-28(26,27)11-10-24(18)13-15/h4-9,13,17H,10-12H2,1-3H3,(H,22,25)/t17-/m1/s1. The Morgan fingerprint density at radius 3 is 2.57 bits per heavy atom. The van der Waals surface area contributed by atoms with Crippen LogP contribution in [0.2, 0.25) is 5.02 Å². The molecule has 0 unspecified atom stereocenters. The van der Waals surface area contributed by atoms with Gasteiger partial charge in [-0.15, -0.1) is 4.40 Å². The summed E-state index contributed by atoms with van der Waals surface area (Å²) in [4.78, 5) is 14.6. The Hall–Kier alpha value is -2.12. The number of carbonyl (C=O) groups is 1. The number of benzene rings is 1. The molecule has 0 aliphatic carbocycles. The number of carbonyl (C=O) groups excluding carboxylic acids is 1. The number of halogens is 1. The monoisotopic (exact) mass is 421 g/mol. The fraction of sp³-hybridized carbons (Fsp3) is 0.400. The van der Waals surface area contributed by atoms with Gasteiger partial charge in [0.2, 0.25) is 0 Å². The summed E-state index contributed by atoms with van der Waals surface area (Å²) >= 11 is 6.00. The van der Waals surface area contributed by atoms with Crippen LogP contribution in [0.4, 0.5) is 0 Å². The molecule has 1 atom stereocenters. The van der Waals surface area contributed by atoms with Crippen molar-refractivity contribution in [2.75, 3.05) is 12.3 Å². The molecular formula is C20H24ClN3O3S. The Labute approximate surface area is 171 Å². The summed E-state index contributed by atoms with van der Waals surface area (Å²) in [6, 6.07) is 7.30. The average Bonchev–Trinajstić information content (AvgIpc) is 2.59. The van der Waals surface area contributed by atoms with Gasteiger partial charge in [0, 0.05) is 17.8 Å². The highest BCUT2D eigenvalue weighted by atomic mass is 35.5. The minimum Gasteiger partial charge on any atom is -0.345 e. The molecule has 3 rings (SSSR count). The summed E-state index contributed by atoms with van der Waals surface area (Å²) in [5, 5.41) is 3.75. The molecular weight excluding hydrogens is 398 g/mol. The molecule has 0 bridgehead atoms. The van der Waals surface area contributed by atoms with Gasteiger partial charge in [-0.25, -0.2) is 8.42 Å². The maximum absolute atomic E-state index is 12.9. The van der Waals surface area contributed by atoms with E-state index in [4.69, 9.17) is 11.6 Å². The van der Waals surface area contributed by atoms with Crippen molar-refractivity contribution >= 4 is 33.4 Å². The zero-order chi connectivity index (χ0) is 20.5. The lowest BCUT2D eigenvalue weighted by atomic mass is 9.85. The van der Waals surface area contributed by atoms with Gasteiger partial charge < -0.3 is 10.2 Å². The van der Waals surface area contributed by atoms with Gasteiger partial charge in [0.25, 0.3) is 15.9 Å². The van der Waals surface area contributed by atoms with Crippen LogP contribution in [0.25, 0.3) is 0 Å². The van der Waals surface area contributed by atoms with Gasteiger partial charge in [-0.1, -0.05) is 44.5 Å². The number of nitrogens with one attached hydrogen (secondary N) is 1. The largest absolute Gasteiger partial charge is 0.345 e. The zero-order valence-electron chi connectivity index (χ0n) is 16.1. The van der Waals surface area contributed by atoms with Crippen LogP contribution in [0, 0.1) is 5.41 Å². The van der Waals surface area contributed by atoms with Crippen molar-refractivity contribution in [2.45, 2.75) is 33.2 Å². The Bertz CT molecular complexity index is 957. The molecule has 2 heterocycles. The van der Waals surface area contributed by atoms with E-state index in [2.05, 4.69) is 30.5 Å². The zero-order valence-corrected chi connectivity index (χ0v) is 17.7. The smallest absolute Gasteiger partial charge is 0.256 e. The topological polar surface area (TPSA) is 78.8 Å². The summed E-state index contributed by atoms with van der Waals surface area (Å²) in [6.45, 7) is 6.65. The molecule has 0 aromatic heterocycles. The molecule has 1 amide bonds. The molecule has 0 saturated carbocycles. The van der Waals surface area contributed by atoms with E-state index in [1.54, 1.807) is 23.3 Å². The molecule has 2 aliphatic rings. The minimum atomic E-state index is -3.42. The Balaban J connectivity index is 1.80. The predicted molar refractivity (Wildman–Crippen MR) is 112 cm³/mol. The van der Waals surface area contributed by atoms with Crippen LogP contribution in [0.1, 0.15) is 38.8 Å². The SMILES string of the molecule is CC(C)(C)C[C@@H](NC(=O)C1=CN2CCS(=O)(=O)N=C2C=C1)c1ccc(Cl)cc1. The van der Waals surface area contributed by atoms with Crippen LogP contribution in [0.5, 0.6) is 0 Å². The Morgan fingerprint density at radius 2 is 1.93 bits per heavy atom. The number of rotatable bonds is 4. The van der Waals surface area contributed by atoms with Gasteiger partial charge >= 0.3 is 0 Å². The van der Waals surface area contributed by atoms with Crippen LogP contribution >= 0.6 is 11.6 Å². The lowest BCUT2D eigenvalue weighted by Gasteiger charge is -2.29. The number of nitrogens with zero attached hydrogens (tertiary/aromatic N) is 2. The van der Waals surface area contributed by atoms with E-state index in [0.29, 0.717) is 16.4 Å². The van der Waals surface area contributed by atoms with Gasteiger partial charge in [-0.05, 0) is 41.7 Å². The molecule has 28 heavy (non-hydrogen) atoms. The second-order valence-electron chi connectivity index (χ2n) is 8.19. The third kappa shape index (κ3) is 5.23. The van der Waals surface area contributed by atoms with Crippen molar-refractivity contribution in [3.05, 3.63) is 58.8 Å². The van der Waals surface area contributed by atoms with Gasteiger partial charge in [-0.3, -0.25) is 4.79 Å². The highest BCUT2D eigenvalue weighted by Gasteiger charge is 2.27. The van der Waals surface area contributed by atoms with Crippen molar-refractivity contribution in [1.29, 1.82) is 0 Å². The first-order chi connectivity index (χ1) is 13.0. The second-order valence-corrected chi connectivity index (χ2v) is 10.4. The Kier molecular flexibility index (Phi) is 5.68. The maximum Gasteiger partial charge on any atom is 0.256 e. The quantitative estimate of drug-likeness (QED) is 0.807. The lowest BCUT2D eigenvalue weighted by molar-refractivity contribution is -0.118. The van der Waals surface area contributed by atoms with E-state index < -0.39 is 10.0 Å². The van der Waals surface area contributed by atoms with E-state index >= 15 is 0 Å². The number of fused-ring (bicyclic) bond motifs is 1. The molecule has 6 nitrogen and oxygen atoms in total. The van der Waals surface area contributed by atoms with Gasteiger partial charge in [0.15, 0.2) is 0 Å². The lowest BCUT2D eigenvalue weighted by Crippen LogP contribution is -2.38. The summed E-state index contributed by atoms with van der Waals surface area (Å²) in [6.07, 6.45) is 5.57.